The van der Waals surface area contributed by atoms with Gasteiger partial charge in [-0.3, -0.25) is 0 Å². The summed E-state index contributed by atoms with van der Waals surface area (Å²) < 4.78 is 20.7. The molecule has 1 aromatic carbocycles. The van der Waals surface area contributed by atoms with Crippen LogP contribution in [0, 0.1) is 17.7 Å². The summed E-state index contributed by atoms with van der Waals surface area (Å²) in [5, 5.41) is 18.5. The fourth-order valence-electron chi connectivity index (χ4n) is 6.22. The standard InChI is InChI=1S/C29H47ClFN3O3/c1-3-37-18-8-7-16-29(36,25-14-9-15-26(30)27(25)31)23-13-10-17-34(21-23)28(35)33-24(20-32-2)19-22-11-5-4-6-12-22/h9,14-15,22-24,32,36H,3-8,10-13,16-21H2,1-2H3,(H,33,35)/t23-,24+,29?/m1/s1. The number of halogens is 2. The molecule has 1 unspecified atom stereocenters. The SMILES string of the molecule is CCOCCCCC(O)(c1cccc(Cl)c1F)[C@@H]1CCCN(C(=O)N[C@H](CNC)CC2CCCCC2)C1. The van der Waals surface area contributed by atoms with E-state index in [-0.39, 0.29) is 28.6 Å². The van der Waals surface area contributed by atoms with Gasteiger partial charge in [0.2, 0.25) is 0 Å². The Kier molecular flexibility index (Phi) is 12.4. The van der Waals surface area contributed by atoms with Gasteiger partial charge in [-0.15, -0.1) is 0 Å². The monoisotopic (exact) mass is 539 g/mol. The first-order valence-corrected chi connectivity index (χ1v) is 14.7. The molecule has 3 rings (SSSR count). The van der Waals surface area contributed by atoms with Gasteiger partial charge in [-0.2, -0.15) is 0 Å². The lowest BCUT2D eigenvalue weighted by molar-refractivity contribution is -0.0589. The van der Waals surface area contributed by atoms with E-state index < -0.39 is 11.4 Å². The molecule has 0 radical (unpaired) electrons. The van der Waals surface area contributed by atoms with Gasteiger partial charge in [0.05, 0.1) is 10.6 Å². The smallest absolute Gasteiger partial charge is 0.317 e. The van der Waals surface area contributed by atoms with Crippen LogP contribution in [0.25, 0.3) is 0 Å². The highest BCUT2D eigenvalue weighted by molar-refractivity contribution is 6.30. The Labute approximate surface area is 227 Å². The lowest BCUT2D eigenvalue weighted by Crippen LogP contribution is -2.54. The lowest BCUT2D eigenvalue weighted by Gasteiger charge is -2.43. The van der Waals surface area contributed by atoms with Crippen LogP contribution >= 0.6 is 11.6 Å². The van der Waals surface area contributed by atoms with Crippen LogP contribution in [0.15, 0.2) is 18.2 Å². The first kappa shape index (κ1) is 30.1. The van der Waals surface area contributed by atoms with Gasteiger partial charge in [0, 0.05) is 50.4 Å². The van der Waals surface area contributed by atoms with Crippen LogP contribution in [0.5, 0.6) is 0 Å². The molecule has 37 heavy (non-hydrogen) atoms. The number of urea groups is 1. The quantitative estimate of drug-likeness (QED) is 0.275. The number of carbonyl (C=O) groups excluding carboxylic acids is 1. The van der Waals surface area contributed by atoms with Gasteiger partial charge in [-0.1, -0.05) is 55.8 Å². The number of unbranched alkanes of at least 4 members (excludes halogenated alkanes) is 1. The van der Waals surface area contributed by atoms with Crippen molar-refractivity contribution in [3.05, 3.63) is 34.6 Å². The Bertz CT molecular complexity index is 839. The maximum absolute atomic E-state index is 15.2. The molecule has 1 heterocycles. The van der Waals surface area contributed by atoms with E-state index in [2.05, 4.69) is 10.6 Å². The molecule has 0 bridgehead atoms. The van der Waals surface area contributed by atoms with Crippen molar-refractivity contribution in [1.82, 2.24) is 15.5 Å². The predicted molar refractivity (Wildman–Crippen MR) is 147 cm³/mol. The summed E-state index contributed by atoms with van der Waals surface area (Å²) >= 11 is 6.12. The number of piperidine rings is 1. The third-order valence-corrected chi connectivity index (χ3v) is 8.52. The Morgan fingerprint density at radius 3 is 2.76 bits per heavy atom. The van der Waals surface area contributed by atoms with E-state index in [1.807, 2.05) is 18.9 Å². The highest BCUT2D eigenvalue weighted by Gasteiger charge is 2.43. The van der Waals surface area contributed by atoms with Crippen molar-refractivity contribution >= 4 is 17.6 Å². The average Bonchev–Trinajstić information content (AvgIpc) is 2.90. The van der Waals surface area contributed by atoms with Crippen molar-refractivity contribution in [3.8, 4) is 0 Å². The Morgan fingerprint density at radius 2 is 2.03 bits per heavy atom. The number of nitrogens with zero attached hydrogens (tertiary/aromatic N) is 1. The van der Waals surface area contributed by atoms with Crippen LogP contribution in [0.1, 0.15) is 83.1 Å². The van der Waals surface area contributed by atoms with E-state index in [1.54, 1.807) is 12.1 Å². The van der Waals surface area contributed by atoms with Crippen LogP contribution in [0.3, 0.4) is 0 Å². The number of nitrogens with one attached hydrogen (secondary N) is 2. The van der Waals surface area contributed by atoms with Gasteiger partial charge in [-0.25, -0.2) is 9.18 Å². The van der Waals surface area contributed by atoms with Crippen LogP contribution in [-0.4, -0.2) is 62.0 Å². The molecule has 3 N–H and O–H groups in total. The summed E-state index contributed by atoms with van der Waals surface area (Å²) in [5.74, 6) is -0.193. The van der Waals surface area contributed by atoms with Gasteiger partial charge >= 0.3 is 6.03 Å². The molecule has 2 fully saturated rings. The van der Waals surface area contributed by atoms with Gasteiger partial charge in [0.1, 0.15) is 5.82 Å². The highest BCUT2D eigenvalue weighted by Crippen LogP contribution is 2.42. The molecule has 210 valence electrons. The molecule has 8 heteroatoms. The summed E-state index contributed by atoms with van der Waals surface area (Å²) in [4.78, 5) is 15.2. The van der Waals surface area contributed by atoms with Crippen molar-refractivity contribution in [2.45, 2.75) is 89.2 Å². The Morgan fingerprint density at radius 1 is 1.24 bits per heavy atom. The number of benzene rings is 1. The van der Waals surface area contributed by atoms with Gasteiger partial charge in [-0.05, 0) is 64.5 Å². The molecule has 1 aromatic rings. The van der Waals surface area contributed by atoms with E-state index in [9.17, 15) is 9.90 Å². The minimum absolute atomic E-state index is 0.00766. The van der Waals surface area contributed by atoms with Crippen LogP contribution in [0.2, 0.25) is 5.02 Å². The van der Waals surface area contributed by atoms with Crippen molar-refractivity contribution in [2.24, 2.45) is 11.8 Å². The number of hydrogen-bond acceptors (Lipinski definition) is 4. The molecular formula is C29H47ClFN3O3. The summed E-state index contributed by atoms with van der Waals surface area (Å²) in [6, 6.07) is 4.81. The zero-order valence-electron chi connectivity index (χ0n) is 22.7. The number of likely N-dealkylation sites (N-methyl/N-ethyl adjacent to an activating group) is 1. The Balaban J connectivity index is 1.71. The molecular weight excluding hydrogens is 493 g/mol. The second-order valence-electron chi connectivity index (χ2n) is 10.9. The number of ether oxygens (including phenoxy) is 1. The lowest BCUT2D eigenvalue weighted by atomic mass is 9.74. The van der Waals surface area contributed by atoms with E-state index in [1.165, 1.54) is 38.2 Å². The molecule has 3 atom stereocenters. The van der Waals surface area contributed by atoms with Gasteiger partial charge < -0.3 is 25.4 Å². The third kappa shape index (κ3) is 8.54. The first-order chi connectivity index (χ1) is 17.9. The maximum Gasteiger partial charge on any atom is 0.317 e. The largest absolute Gasteiger partial charge is 0.385 e. The number of rotatable bonds is 13. The molecule has 0 aromatic heterocycles. The number of likely N-dealkylation sites (tertiary alicyclic amines) is 1. The van der Waals surface area contributed by atoms with Crippen LogP contribution in [0.4, 0.5) is 9.18 Å². The zero-order chi connectivity index (χ0) is 26.7. The van der Waals surface area contributed by atoms with Crippen LogP contribution in [-0.2, 0) is 10.3 Å². The van der Waals surface area contributed by atoms with Crippen molar-refractivity contribution in [3.63, 3.8) is 0 Å². The van der Waals surface area contributed by atoms with Crippen molar-refractivity contribution in [1.29, 1.82) is 0 Å². The first-order valence-electron chi connectivity index (χ1n) is 14.3. The van der Waals surface area contributed by atoms with Gasteiger partial charge in [0.15, 0.2) is 0 Å². The second-order valence-corrected chi connectivity index (χ2v) is 11.3. The van der Waals surface area contributed by atoms with Crippen LogP contribution < -0.4 is 10.6 Å². The molecule has 2 aliphatic rings. The third-order valence-electron chi connectivity index (χ3n) is 8.22. The number of hydrogen-bond donors (Lipinski definition) is 3. The summed E-state index contributed by atoms with van der Waals surface area (Å²) in [6.45, 7) is 4.96. The summed E-state index contributed by atoms with van der Waals surface area (Å²) in [5.41, 5.74) is -1.18. The number of carbonyl (C=O) groups is 1. The van der Waals surface area contributed by atoms with E-state index >= 15 is 4.39 Å². The Hall–Kier alpha value is -1.41. The van der Waals surface area contributed by atoms with Crippen molar-refractivity contribution < 1.29 is 19.0 Å². The predicted octanol–water partition coefficient (Wildman–Crippen LogP) is 5.85. The fourth-order valence-corrected chi connectivity index (χ4v) is 6.40. The minimum Gasteiger partial charge on any atom is -0.385 e. The van der Waals surface area contributed by atoms with E-state index in [0.29, 0.717) is 45.1 Å². The van der Waals surface area contributed by atoms with Crippen molar-refractivity contribution in [2.75, 3.05) is 39.9 Å². The normalized spacial score (nSPS) is 21.4. The minimum atomic E-state index is -1.41. The topological polar surface area (TPSA) is 73.8 Å². The zero-order valence-corrected chi connectivity index (χ0v) is 23.5. The molecule has 1 saturated heterocycles. The van der Waals surface area contributed by atoms with E-state index in [4.69, 9.17) is 16.3 Å². The summed E-state index contributed by atoms with van der Waals surface area (Å²) in [6.07, 6.45) is 10.7. The number of amides is 2. The second kappa shape index (κ2) is 15.2. The maximum atomic E-state index is 15.2. The molecule has 1 saturated carbocycles. The molecule has 1 aliphatic heterocycles. The molecule has 0 spiro atoms. The van der Waals surface area contributed by atoms with E-state index in [0.717, 1.165) is 32.2 Å². The highest BCUT2D eigenvalue weighted by atomic mass is 35.5. The molecule has 2 amide bonds. The average molecular weight is 540 g/mol. The van der Waals surface area contributed by atoms with Gasteiger partial charge in [0.25, 0.3) is 0 Å². The summed E-state index contributed by atoms with van der Waals surface area (Å²) in [7, 11) is 1.92. The fraction of sp³-hybridized carbons (Fsp3) is 0.759. The molecule has 1 aliphatic carbocycles. The number of aliphatic hydroxyl groups is 1. The molecule has 6 nitrogen and oxygen atoms in total.